The average Bonchev–Trinajstić information content (AvgIpc) is 3.74. The standard InChI is InChI=1S/C32H35IN2O10/c1-41-24-7-3-5-19-14-27(45-29(19)24)32(40)35(16-21-6-4-10-43-21)23-13-20(31(39)34-8-9-36)15-25(28(23)38)44-30-22(33)11-18(17-37)12-26(30)42-2/h3,5,7,11-12,14-15,17,21,23,25,28,36,38H,4,6,8-10,13,16H2,1-2H3,(H,34,39)/t21-,23+,25-,28-/m0/s1. The van der Waals surface area contributed by atoms with E-state index in [-0.39, 0.29) is 55.1 Å². The summed E-state index contributed by atoms with van der Waals surface area (Å²) in [5, 5.41) is 24.5. The van der Waals surface area contributed by atoms with E-state index in [0.29, 0.717) is 38.7 Å². The van der Waals surface area contributed by atoms with Gasteiger partial charge >= 0.3 is 0 Å². The number of hydrogen-bond donors (Lipinski definition) is 3. The van der Waals surface area contributed by atoms with Crippen LogP contribution in [0.2, 0.25) is 0 Å². The number of methoxy groups -OCH3 is 2. The summed E-state index contributed by atoms with van der Waals surface area (Å²) in [6.45, 7) is 0.453. The van der Waals surface area contributed by atoms with Crippen LogP contribution < -0.4 is 19.5 Å². The van der Waals surface area contributed by atoms with Gasteiger partial charge in [0, 0.05) is 42.6 Å². The second kappa shape index (κ2) is 14.6. The molecular formula is C32H35IN2O10. The summed E-state index contributed by atoms with van der Waals surface area (Å²) < 4.78 is 29.6. The number of rotatable bonds is 12. The molecule has 0 bridgehead atoms. The highest BCUT2D eigenvalue weighted by atomic mass is 127. The fraction of sp³-hybridized carbons (Fsp3) is 0.406. The Morgan fingerprint density at radius 1 is 1.18 bits per heavy atom. The van der Waals surface area contributed by atoms with Gasteiger partial charge in [-0.25, -0.2) is 0 Å². The van der Waals surface area contributed by atoms with Crippen molar-refractivity contribution >= 4 is 51.7 Å². The summed E-state index contributed by atoms with van der Waals surface area (Å²) in [7, 11) is 2.94. The Morgan fingerprint density at radius 3 is 2.67 bits per heavy atom. The number of benzene rings is 2. The van der Waals surface area contributed by atoms with E-state index in [1.807, 2.05) is 22.6 Å². The Kier molecular flexibility index (Phi) is 10.6. The number of nitrogens with one attached hydrogen (secondary N) is 1. The molecule has 5 rings (SSSR count). The first-order chi connectivity index (χ1) is 21.8. The summed E-state index contributed by atoms with van der Waals surface area (Å²) in [6.07, 6.45) is 1.07. The first-order valence-corrected chi connectivity index (χ1v) is 15.6. The molecule has 45 heavy (non-hydrogen) atoms. The number of aliphatic hydroxyl groups is 2. The Hall–Kier alpha value is -3.66. The number of amides is 2. The molecule has 2 heterocycles. The Morgan fingerprint density at radius 2 is 1.98 bits per heavy atom. The van der Waals surface area contributed by atoms with Crippen LogP contribution >= 0.6 is 22.6 Å². The zero-order valence-corrected chi connectivity index (χ0v) is 27.0. The zero-order chi connectivity index (χ0) is 32.1. The van der Waals surface area contributed by atoms with Crippen LogP contribution in [0.3, 0.4) is 0 Å². The van der Waals surface area contributed by atoms with E-state index >= 15 is 0 Å². The fourth-order valence-electron chi connectivity index (χ4n) is 5.66. The molecule has 1 aliphatic heterocycles. The number of aldehydes is 1. The number of fused-ring (bicyclic) bond motifs is 1. The molecule has 0 unspecified atom stereocenters. The van der Waals surface area contributed by atoms with Gasteiger partial charge in [-0.3, -0.25) is 14.4 Å². The maximum Gasteiger partial charge on any atom is 0.290 e. The summed E-state index contributed by atoms with van der Waals surface area (Å²) >= 11 is 2.00. The van der Waals surface area contributed by atoms with Gasteiger partial charge in [-0.05, 0) is 65.8 Å². The van der Waals surface area contributed by atoms with Crippen LogP contribution in [0.25, 0.3) is 11.0 Å². The molecule has 3 aromatic rings. The molecule has 0 spiro atoms. The van der Waals surface area contributed by atoms with Gasteiger partial charge in [0.1, 0.15) is 18.5 Å². The van der Waals surface area contributed by atoms with Crippen molar-refractivity contribution in [2.45, 2.75) is 43.6 Å². The first-order valence-electron chi connectivity index (χ1n) is 14.5. The van der Waals surface area contributed by atoms with E-state index in [4.69, 9.17) is 23.4 Å². The van der Waals surface area contributed by atoms with E-state index in [1.54, 1.807) is 30.3 Å². The van der Waals surface area contributed by atoms with Gasteiger partial charge in [-0.2, -0.15) is 0 Å². The van der Waals surface area contributed by atoms with Gasteiger partial charge in [-0.15, -0.1) is 0 Å². The molecule has 240 valence electrons. The van der Waals surface area contributed by atoms with Crippen LogP contribution in [-0.2, 0) is 9.53 Å². The van der Waals surface area contributed by atoms with Crippen molar-refractivity contribution in [3.05, 3.63) is 62.9 Å². The molecule has 13 heteroatoms. The number of ether oxygens (including phenoxy) is 4. The number of hydrogen-bond acceptors (Lipinski definition) is 10. The van der Waals surface area contributed by atoms with Crippen molar-refractivity contribution in [3.63, 3.8) is 0 Å². The monoisotopic (exact) mass is 734 g/mol. The number of carbonyl (C=O) groups excluding carboxylic acids is 3. The van der Waals surface area contributed by atoms with Gasteiger partial charge in [0.15, 0.2) is 28.6 Å². The Bertz CT molecular complexity index is 1580. The predicted octanol–water partition coefficient (Wildman–Crippen LogP) is 3.10. The van der Waals surface area contributed by atoms with E-state index < -0.39 is 30.1 Å². The summed E-state index contributed by atoms with van der Waals surface area (Å²) in [5.74, 6) is 0.0798. The molecular weight excluding hydrogens is 699 g/mol. The van der Waals surface area contributed by atoms with E-state index in [0.717, 1.165) is 12.8 Å². The molecule has 4 atom stereocenters. The SMILES string of the molecule is COc1cc(C=O)cc(I)c1O[C@H]1C=C(C(=O)NCCO)C[C@@H](N(C[C@@H]2CCCO2)C(=O)c2cc3cccc(OC)c3o2)[C@@H]1O. The first kappa shape index (κ1) is 32.7. The normalized spacial score (nSPS) is 21.2. The molecule has 0 saturated carbocycles. The zero-order valence-electron chi connectivity index (χ0n) is 24.9. The minimum atomic E-state index is -1.30. The lowest BCUT2D eigenvalue weighted by Gasteiger charge is -2.41. The average molecular weight is 735 g/mol. The van der Waals surface area contributed by atoms with Crippen molar-refractivity contribution < 1.29 is 48.0 Å². The van der Waals surface area contributed by atoms with Crippen LogP contribution in [-0.4, -0.2) is 98.1 Å². The second-order valence-electron chi connectivity index (χ2n) is 10.7. The van der Waals surface area contributed by atoms with Gasteiger partial charge in [-0.1, -0.05) is 12.1 Å². The van der Waals surface area contributed by atoms with E-state index in [1.165, 1.54) is 31.3 Å². The number of aliphatic hydroxyl groups excluding tert-OH is 2. The highest BCUT2D eigenvalue weighted by Crippen LogP contribution is 2.38. The highest BCUT2D eigenvalue weighted by molar-refractivity contribution is 14.1. The lowest BCUT2D eigenvalue weighted by atomic mass is 9.87. The Balaban J connectivity index is 1.55. The molecule has 2 aliphatic rings. The molecule has 1 saturated heterocycles. The third kappa shape index (κ3) is 7.11. The maximum absolute atomic E-state index is 14.3. The maximum atomic E-state index is 14.3. The third-order valence-electron chi connectivity index (χ3n) is 7.88. The third-order valence-corrected chi connectivity index (χ3v) is 8.68. The van der Waals surface area contributed by atoms with Crippen LogP contribution in [0.1, 0.15) is 40.2 Å². The van der Waals surface area contributed by atoms with Gasteiger partial charge in [0.25, 0.3) is 5.91 Å². The molecule has 3 N–H and O–H groups in total. The summed E-state index contributed by atoms with van der Waals surface area (Å²) in [5.41, 5.74) is 1.05. The van der Waals surface area contributed by atoms with Crippen molar-refractivity contribution in [2.75, 3.05) is 40.5 Å². The van der Waals surface area contributed by atoms with Crippen molar-refractivity contribution in [1.29, 1.82) is 0 Å². The van der Waals surface area contributed by atoms with Crippen LogP contribution in [0.4, 0.5) is 0 Å². The van der Waals surface area contributed by atoms with Gasteiger partial charge in [0.2, 0.25) is 5.91 Å². The van der Waals surface area contributed by atoms with Crippen LogP contribution in [0.15, 0.2) is 52.5 Å². The van der Waals surface area contributed by atoms with Crippen molar-refractivity contribution in [1.82, 2.24) is 10.2 Å². The lowest BCUT2D eigenvalue weighted by Crippen LogP contribution is -2.56. The molecule has 2 aromatic carbocycles. The van der Waals surface area contributed by atoms with Crippen LogP contribution in [0, 0.1) is 3.57 Å². The molecule has 1 fully saturated rings. The van der Waals surface area contributed by atoms with Gasteiger partial charge in [0.05, 0.1) is 36.5 Å². The quantitative estimate of drug-likeness (QED) is 0.187. The van der Waals surface area contributed by atoms with E-state index in [2.05, 4.69) is 5.32 Å². The van der Waals surface area contributed by atoms with Crippen molar-refractivity contribution in [3.8, 4) is 17.2 Å². The van der Waals surface area contributed by atoms with Crippen molar-refractivity contribution in [2.24, 2.45) is 0 Å². The minimum Gasteiger partial charge on any atom is -0.493 e. The van der Waals surface area contributed by atoms with E-state index in [9.17, 15) is 24.6 Å². The highest BCUT2D eigenvalue weighted by Gasteiger charge is 2.43. The topological polar surface area (TPSA) is 157 Å². The lowest BCUT2D eigenvalue weighted by molar-refractivity contribution is -0.118. The second-order valence-corrected chi connectivity index (χ2v) is 11.9. The predicted molar refractivity (Wildman–Crippen MR) is 171 cm³/mol. The number of halogens is 1. The number of furan rings is 1. The van der Waals surface area contributed by atoms with Crippen LogP contribution in [0.5, 0.6) is 17.2 Å². The largest absolute Gasteiger partial charge is 0.493 e. The number of para-hydroxylation sites is 1. The summed E-state index contributed by atoms with van der Waals surface area (Å²) in [6, 6.07) is 9.15. The summed E-state index contributed by atoms with van der Waals surface area (Å²) in [4.78, 5) is 40.4. The van der Waals surface area contributed by atoms with Gasteiger partial charge < -0.3 is 43.8 Å². The number of nitrogens with zero attached hydrogens (tertiary/aromatic N) is 1. The molecule has 2 amide bonds. The Labute approximate surface area is 273 Å². The minimum absolute atomic E-state index is 0.00138. The number of carbonyl (C=O) groups is 3. The molecule has 12 nitrogen and oxygen atoms in total. The smallest absolute Gasteiger partial charge is 0.290 e. The fourth-order valence-corrected chi connectivity index (χ4v) is 6.41. The molecule has 1 aliphatic carbocycles. The molecule has 0 radical (unpaired) electrons. The molecule has 1 aromatic heterocycles.